The van der Waals surface area contributed by atoms with Crippen LogP contribution in [0.2, 0.25) is 0 Å². The molecule has 1 aromatic heterocycles. The molecule has 0 bridgehead atoms. The fourth-order valence-electron chi connectivity index (χ4n) is 1.57. The van der Waals surface area contributed by atoms with Crippen LogP contribution in [0.4, 0.5) is 0 Å². The van der Waals surface area contributed by atoms with Crippen LogP contribution in [-0.4, -0.2) is 29.1 Å². The molecule has 3 N–H and O–H groups in total. The van der Waals surface area contributed by atoms with E-state index < -0.39 is 5.97 Å². The lowest BCUT2D eigenvalue weighted by atomic mass is 10.1. The van der Waals surface area contributed by atoms with E-state index in [1.807, 2.05) is 27.7 Å². The molecule has 106 valence electrons. The van der Waals surface area contributed by atoms with Gasteiger partial charge in [0, 0.05) is 17.0 Å². The van der Waals surface area contributed by atoms with E-state index in [0.717, 1.165) is 10.4 Å². The minimum Gasteiger partial charge on any atom is -0.477 e. The van der Waals surface area contributed by atoms with Crippen molar-refractivity contribution in [1.29, 1.82) is 0 Å². The van der Waals surface area contributed by atoms with Gasteiger partial charge >= 0.3 is 5.97 Å². The maximum absolute atomic E-state index is 11.6. The molecule has 1 amide bonds. The van der Waals surface area contributed by atoms with E-state index in [2.05, 4.69) is 10.6 Å². The molecular weight excluding hydrogens is 264 g/mol. The summed E-state index contributed by atoms with van der Waals surface area (Å²) in [6, 6.07) is 1.65. The average Bonchev–Trinajstić information content (AvgIpc) is 2.58. The van der Waals surface area contributed by atoms with E-state index in [9.17, 15) is 9.59 Å². The zero-order valence-corrected chi connectivity index (χ0v) is 12.5. The number of aryl methyl sites for hydroxylation is 1. The number of nitrogens with one attached hydrogen (secondary N) is 2. The van der Waals surface area contributed by atoms with Gasteiger partial charge in [-0.2, -0.15) is 0 Å². The molecule has 6 heteroatoms. The van der Waals surface area contributed by atoms with E-state index in [1.54, 1.807) is 6.07 Å². The summed E-state index contributed by atoms with van der Waals surface area (Å²) < 4.78 is 0. The Bertz CT molecular complexity index is 475. The second kappa shape index (κ2) is 6.16. The Kier molecular flexibility index (Phi) is 5.08. The molecule has 0 aromatic carbocycles. The Balaban J connectivity index is 2.45. The van der Waals surface area contributed by atoms with Gasteiger partial charge in [0.05, 0.1) is 6.54 Å². The highest BCUT2D eigenvalue weighted by atomic mass is 32.1. The highest BCUT2D eigenvalue weighted by Crippen LogP contribution is 2.21. The van der Waals surface area contributed by atoms with Crippen LogP contribution in [0.3, 0.4) is 0 Å². The first kappa shape index (κ1) is 15.7. The van der Waals surface area contributed by atoms with Gasteiger partial charge in [-0.25, -0.2) is 4.79 Å². The van der Waals surface area contributed by atoms with E-state index in [-0.39, 0.29) is 18.0 Å². The van der Waals surface area contributed by atoms with Gasteiger partial charge in [0.25, 0.3) is 0 Å². The van der Waals surface area contributed by atoms with E-state index in [4.69, 9.17) is 5.11 Å². The van der Waals surface area contributed by atoms with Crippen molar-refractivity contribution in [3.63, 3.8) is 0 Å². The zero-order chi connectivity index (χ0) is 14.6. The third-order valence-electron chi connectivity index (χ3n) is 2.35. The second-order valence-corrected chi connectivity index (χ2v) is 6.66. The molecule has 0 aliphatic heterocycles. The van der Waals surface area contributed by atoms with Crippen LogP contribution in [0.5, 0.6) is 0 Å². The first-order chi connectivity index (χ1) is 8.69. The molecule has 0 aliphatic rings. The number of amides is 1. The van der Waals surface area contributed by atoms with Crippen molar-refractivity contribution >= 4 is 23.2 Å². The van der Waals surface area contributed by atoms with Crippen molar-refractivity contribution in [1.82, 2.24) is 10.6 Å². The van der Waals surface area contributed by atoms with Crippen LogP contribution < -0.4 is 10.6 Å². The lowest BCUT2D eigenvalue weighted by Gasteiger charge is -2.20. The summed E-state index contributed by atoms with van der Waals surface area (Å²) in [5.74, 6) is -0.983. The summed E-state index contributed by atoms with van der Waals surface area (Å²) in [7, 11) is 0. The third kappa shape index (κ3) is 5.40. The van der Waals surface area contributed by atoms with Crippen molar-refractivity contribution < 1.29 is 14.7 Å². The number of thiophene rings is 1. The number of hydrogen-bond acceptors (Lipinski definition) is 4. The van der Waals surface area contributed by atoms with Gasteiger partial charge < -0.3 is 15.7 Å². The van der Waals surface area contributed by atoms with Crippen molar-refractivity contribution in [2.45, 2.75) is 39.8 Å². The number of rotatable bonds is 5. The van der Waals surface area contributed by atoms with Crippen molar-refractivity contribution in [2.24, 2.45) is 0 Å². The van der Waals surface area contributed by atoms with Crippen LogP contribution in [0.1, 0.15) is 40.9 Å². The maximum atomic E-state index is 11.6. The molecule has 0 fully saturated rings. The van der Waals surface area contributed by atoms with Crippen LogP contribution in [0, 0.1) is 6.92 Å². The Hall–Kier alpha value is -1.40. The average molecular weight is 284 g/mol. The zero-order valence-electron chi connectivity index (χ0n) is 11.7. The molecular formula is C13H20N2O3S. The number of carboxylic acids is 1. The van der Waals surface area contributed by atoms with Crippen molar-refractivity contribution in [3.8, 4) is 0 Å². The molecule has 1 aromatic rings. The van der Waals surface area contributed by atoms with Crippen LogP contribution in [0.25, 0.3) is 0 Å². The predicted octanol–water partition coefficient (Wildman–Crippen LogP) is 1.76. The third-order valence-corrected chi connectivity index (χ3v) is 3.43. The molecule has 1 rings (SSSR count). The number of carbonyl (C=O) groups excluding carboxylic acids is 1. The van der Waals surface area contributed by atoms with Crippen molar-refractivity contribution in [3.05, 3.63) is 21.4 Å². The van der Waals surface area contributed by atoms with E-state index >= 15 is 0 Å². The van der Waals surface area contributed by atoms with Gasteiger partial charge in [0.2, 0.25) is 5.91 Å². The van der Waals surface area contributed by atoms with Crippen LogP contribution >= 0.6 is 11.3 Å². The number of carboxylic acid groups (broad SMARTS) is 1. The molecule has 0 aliphatic carbocycles. The van der Waals surface area contributed by atoms with Gasteiger partial charge in [-0.1, -0.05) is 0 Å². The largest absolute Gasteiger partial charge is 0.477 e. The minimum atomic E-state index is -0.912. The molecule has 0 saturated carbocycles. The van der Waals surface area contributed by atoms with Gasteiger partial charge in [0.1, 0.15) is 4.88 Å². The highest BCUT2D eigenvalue weighted by molar-refractivity contribution is 7.14. The summed E-state index contributed by atoms with van der Waals surface area (Å²) in [4.78, 5) is 23.7. The summed E-state index contributed by atoms with van der Waals surface area (Å²) >= 11 is 1.25. The maximum Gasteiger partial charge on any atom is 0.345 e. The topological polar surface area (TPSA) is 78.4 Å². The molecule has 0 radical (unpaired) electrons. The number of hydrogen-bond donors (Lipinski definition) is 3. The van der Waals surface area contributed by atoms with E-state index in [1.165, 1.54) is 11.3 Å². The Morgan fingerprint density at radius 3 is 2.47 bits per heavy atom. The standard InChI is InChI=1S/C13H20N2O3S/c1-8-9(5-10(19-8)12(17)18)6-14-7-11(16)15-13(2,3)4/h5,14H,6-7H2,1-4H3,(H,15,16)(H,17,18). The molecule has 0 atom stereocenters. The SMILES string of the molecule is Cc1sc(C(=O)O)cc1CNCC(=O)NC(C)(C)C. The minimum absolute atomic E-state index is 0.0705. The summed E-state index contributed by atoms with van der Waals surface area (Å²) in [6.45, 7) is 8.36. The first-order valence-corrected chi connectivity index (χ1v) is 6.85. The second-order valence-electron chi connectivity index (χ2n) is 5.40. The summed E-state index contributed by atoms with van der Waals surface area (Å²) in [5, 5.41) is 14.8. The number of carbonyl (C=O) groups is 2. The summed E-state index contributed by atoms with van der Waals surface area (Å²) in [6.07, 6.45) is 0. The lowest BCUT2D eigenvalue weighted by molar-refractivity contribution is -0.121. The quantitative estimate of drug-likeness (QED) is 0.770. The summed E-state index contributed by atoms with van der Waals surface area (Å²) in [5.41, 5.74) is 0.680. The van der Waals surface area contributed by atoms with Crippen LogP contribution in [0.15, 0.2) is 6.07 Å². The Morgan fingerprint density at radius 2 is 2.00 bits per heavy atom. The van der Waals surface area contributed by atoms with Gasteiger partial charge in [-0.3, -0.25) is 4.79 Å². The molecule has 0 unspecified atom stereocenters. The molecule has 19 heavy (non-hydrogen) atoms. The normalized spacial score (nSPS) is 11.4. The Morgan fingerprint density at radius 1 is 1.37 bits per heavy atom. The first-order valence-electron chi connectivity index (χ1n) is 6.03. The van der Waals surface area contributed by atoms with Gasteiger partial charge in [-0.15, -0.1) is 11.3 Å². The fraction of sp³-hybridized carbons (Fsp3) is 0.538. The highest BCUT2D eigenvalue weighted by Gasteiger charge is 2.14. The smallest absolute Gasteiger partial charge is 0.345 e. The predicted molar refractivity (Wildman–Crippen MR) is 75.6 cm³/mol. The van der Waals surface area contributed by atoms with Crippen LogP contribution in [-0.2, 0) is 11.3 Å². The molecule has 1 heterocycles. The lowest BCUT2D eigenvalue weighted by Crippen LogP contribution is -2.44. The number of aromatic carboxylic acids is 1. The Labute approximate surface area is 117 Å². The molecule has 0 saturated heterocycles. The monoisotopic (exact) mass is 284 g/mol. The van der Waals surface area contributed by atoms with Crippen molar-refractivity contribution in [2.75, 3.05) is 6.54 Å². The fourth-order valence-corrected chi connectivity index (χ4v) is 2.45. The molecule has 5 nitrogen and oxygen atoms in total. The van der Waals surface area contributed by atoms with E-state index in [0.29, 0.717) is 11.4 Å². The van der Waals surface area contributed by atoms with Gasteiger partial charge in [0.15, 0.2) is 0 Å². The molecule has 0 spiro atoms. The van der Waals surface area contributed by atoms with Gasteiger partial charge in [-0.05, 0) is 39.3 Å².